The zero-order valence-corrected chi connectivity index (χ0v) is 17.2. The summed E-state index contributed by atoms with van der Waals surface area (Å²) in [6.45, 7) is -0.0618. The molecule has 0 bridgehead atoms. The van der Waals surface area contributed by atoms with Gasteiger partial charge in [0.15, 0.2) is 0 Å². The second kappa shape index (κ2) is 8.52. The fraction of sp³-hybridized carbons (Fsp3) is 0.0476. The molecule has 1 N–H and O–H groups in total. The van der Waals surface area contributed by atoms with Crippen LogP contribution in [-0.2, 0) is 21.4 Å². The minimum atomic E-state index is -3.75. The number of benzene rings is 2. The molecule has 0 aliphatic heterocycles. The Labute approximate surface area is 177 Å². The summed E-state index contributed by atoms with van der Waals surface area (Å²) in [5.41, 5.74) is 0.952. The van der Waals surface area contributed by atoms with Crippen molar-refractivity contribution in [3.05, 3.63) is 89.6 Å². The molecule has 2 aromatic carbocycles. The fourth-order valence-corrected chi connectivity index (χ4v) is 4.36. The maximum absolute atomic E-state index is 12.4. The third-order valence-corrected chi connectivity index (χ3v) is 6.29. The van der Waals surface area contributed by atoms with Crippen molar-refractivity contribution in [3.63, 3.8) is 0 Å². The molecule has 2 aromatic heterocycles. The third-order valence-electron chi connectivity index (χ3n) is 4.04. The molecule has 30 heavy (non-hydrogen) atoms. The monoisotopic (exact) mass is 440 g/mol. The number of esters is 1. The van der Waals surface area contributed by atoms with E-state index in [4.69, 9.17) is 9.15 Å². The van der Waals surface area contributed by atoms with Gasteiger partial charge in [0.1, 0.15) is 18.6 Å². The quantitative estimate of drug-likeness (QED) is 0.423. The molecular weight excluding hydrogens is 424 g/mol. The van der Waals surface area contributed by atoms with Gasteiger partial charge in [-0.15, -0.1) is 11.3 Å². The van der Waals surface area contributed by atoms with Gasteiger partial charge in [0.2, 0.25) is 5.89 Å². The van der Waals surface area contributed by atoms with Gasteiger partial charge in [0.25, 0.3) is 10.0 Å². The highest BCUT2D eigenvalue weighted by Gasteiger charge is 2.16. The number of oxazole rings is 1. The lowest BCUT2D eigenvalue weighted by molar-refractivity contribution is 0.0468. The topological polar surface area (TPSA) is 98.5 Å². The van der Waals surface area contributed by atoms with E-state index in [1.807, 2.05) is 17.5 Å². The second-order valence-electron chi connectivity index (χ2n) is 6.20. The molecule has 0 fully saturated rings. The average Bonchev–Trinajstić information content (AvgIpc) is 3.44. The molecule has 0 saturated heterocycles. The first-order valence-electron chi connectivity index (χ1n) is 8.84. The molecule has 0 aliphatic rings. The standard InChI is InChI=1S/C21H16N2O5S2/c24-21(28-14-17-13-27-20(22-17)19-10-5-11-29-19)15-6-4-7-16(12-15)23-30(25,26)18-8-2-1-3-9-18/h1-13,23H,14H2. The molecule has 152 valence electrons. The van der Waals surface area contributed by atoms with Gasteiger partial charge in [-0.1, -0.05) is 30.3 Å². The van der Waals surface area contributed by atoms with Crippen LogP contribution in [0.4, 0.5) is 5.69 Å². The van der Waals surface area contributed by atoms with E-state index in [0.717, 1.165) is 4.88 Å². The van der Waals surface area contributed by atoms with Crippen LogP contribution in [0, 0.1) is 0 Å². The van der Waals surface area contributed by atoms with Crippen LogP contribution >= 0.6 is 11.3 Å². The van der Waals surface area contributed by atoms with E-state index in [9.17, 15) is 13.2 Å². The number of carbonyl (C=O) groups excluding carboxylic acids is 1. The molecule has 9 heteroatoms. The molecule has 4 rings (SSSR count). The Kier molecular flexibility index (Phi) is 5.64. The number of sulfonamides is 1. The van der Waals surface area contributed by atoms with E-state index in [1.54, 1.807) is 36.4 Å². The van der Waals surface area contributed by atoms with Gasteiger partial charge in [-0.3, -0.25) is 4.72 Å². The number of aromatic nitrogens is 1. The van der Waals surface area contributed by atoms with Gasteiger partial charge >= 0.3 is 5.97 Å². The lowest BCUT2D eigenvalue weighted by atomic mass is 10.2. The summed E-state index contributed by atoms with van der Waals surface area (Å²) < 4.78 is 38.0. The smallest absolute Gasteiger partial charge is 0.338 e. The van der Waals surface area contributed by atoms with E-state index in [0.29, 0.717) is 11.6 Å². The zero-order chi connectivity index (χ0) is 21.0. The van der Waals surface area contributed by atoms with Crippen LogP contribution in [0.3, 0.4) is 0 Å². The molecule has 0 radical (unpaired) electrons. The number of hydrogen-bond donors (Lipinski definition) is 1. The predicted molar refractivity (Wildman–Crippen MR) is 113 cm³/mol. The summed E-state index contributed by atoms with van der Waals surface area (Å²) >= 11 is 1.49. The summed E-state index contributed by atoms with van der Waals surface area (Å²) in [5.74, 6) is -0.134. The molecule has 0 atom stereocenters. The number of ether oxygens (including phenoxy) is 1. The van der Waals surface area contributed by atoms with Crippen molar-refractivity contribution in [3.8, 4) is 10.8 Å². The first-order valence-corrected chi connectivity index (χ1v) is 11.2. The van der Waals surface area contributed by atoms with Gasteiger partial charge in [-0.25, -0.2) is 18.2 Å². The summed E-state index contributed by atoms with van der Waals surface area (Å²) in [4.78, 5) is 17.7. The second-order valence-corrected chi connectivity index (χ2v) is 8.83. The minimum absolute atomic E-state index is 0.0618. The van der Waals surface area contributed by atoms with Crippen molar-refractivity contribution in [1.82, 2.24) is 4.98 Å². The van der Waals surface area contributed by atoms with Crippen molar-refractivity contribution >= 4 is 33.0 Å². The largest absolute Gasteiger partial charge is 0.455 e. The van der Waals surface area contributed by atoms with Crippen molar-refractivity contribution in [2.75, 3.05) is 4.72 Å². The molecule has 0 amide bonds. The van der Waals surface area contributed by atoms with E-state index >= 15 is 0 Å². The number of nitrogens with zero attached hydrogens (tertiary/aromatic N) is 1. The zero-order valence-electron chi connectivity index (χ0n) is 15.5. The highest BCUT2D eigenvalue weighted by Crippen LogP contribution is 2.24. The van der Waals surface area contributed by atoms with Crippen molar-refractivity contribution in [2.24, 2.45) is 0 Å². The van der Waals surface area contributed by atoms with Gasteiger partial charge in [-0.2, -0.15) is 0 Å². The first kappa shape index (κ1) is 19.9. The van der Waals surface area contributed by atoms with Crippen LogP contribution in [-0.4, -0.2) is 19.4 Å². The van der Waals surface area contributed by atoms with E-state index in [1.165, 1.54) is 35.8 Å². The van der Waals surface area contributed by atoms with Crippen molar-refractivity contribution < 1.29 is 22.4 Å². The maximum atomic E-state index is 12.4. The highest BCUT2D eigenvalue weighted by atomic mass is 32.2. The van der Waals surface area contributed by atoms with Crippen LogP contribution in [0.2, 0.25) is 0 Å². The molecule has 4 aromatic rings. The van der Waals surface area contributed by atoms with Crippen LogP contribution < -0.4 is 4.72 Å². The SMILES string of the molecule is O=C(OCc1coc(-c2cccs2)n1)c1cccc(NS(=O)(=O)c2ccccc2)c1. The Hall–Kier alpha value is -3.43. The number of anilines is 1. The number of rotatable bonds is 7. The molecule has 7 nitrogen and oxygen atoms in total. The number of hydrogen-bond acceptors (Lipinski definition) is 7. The Morgan fingerprint density at radius 2 is 1.90 bits per heavy atom. The van der Waals surface area contributed by atoms with Gasteiger partial charge < -0.3 is 9.15 Å². The number of nitrogens with one attached hydrogen (secondary N) is 1. The molecule has 0 spiro atoms. The molecular formula is C21H16N2O5S2. The summed E-state index contributed by atoms with van der Waals surface area (Å²) in [5, 5.41) is 1.91. The number of carbonyl (C=O) groups is 1. The summed E-state index contributed by atoms with van der Waals surface area (Å²) in [6, 6.07) is 17.8. The lowest BCUT2D eigenvalue weighted by Crippen LogP contribution is -2.13. The van der Waals surface area contributed by atoms with Crippen LogP contribution in [0.5, 0.6) is 0 Å². The van der Waals surface area contributed by atoms with E-state index < -0.39 is 16.0 Å². The first-order chi connectivity index (χ1) is 14.5. The van der Waals surface area contributed by atoms with Crippen LogP contribution in [0.1, 0.15) is 16.1 Å². The average molecular weight is 441 g/mol. The molecule has 0 aliphatic carbocycles. The van der Waals surface area contributed by atoms with Crippen LogP contribution in [0.25, 0.3) is 10.8 Å². The van der Waals surface area contributed by atoms with Gasteiger partial charge in [0.05, 0.1) is 15.3 Å². The Balaban J connectivity index is 1.42. The molecule has 0 saturated carbocycles. The van der Waals surface area contributed by atoms with Crippen LogP contribution in [0.15, 0.2) is 87.7 Å². The number of thiophene rings is 1. The predicted octanol–water partition coefficient (Wildman–Crippen LogP) is 4.56. The summed E-state index contributed by atoms with van der Waals surface area (Å²) in [6.07, 6.45) is 1.44. The summed E-state index contributed by atoms with van der Waals surface area (Å²) in [7, 11) is -3.75. The lowest BCUT2D eigenvalue weighted by Gasteiger charge is -2.09. The van der Waals surface area contributed by atoms with Crippen molar-refractivity contribution in [1.29, 1.82) is 0 Å². The molecule has 0 unspecified atom stereocenters. The third kappa shape index (κ3) is 4.58. The maximum Gasteiger partial charge on any atom is 0.338 e. The highest BCUT2D eigenvalue weighted by molar-refractivity contribution is 7.92. The van der Waals surface area contributed by atoms with E-state index in [2.05, 4.69) is 9.71 Å². The normalized spacial score (nSPS) is 11.2. The van der Waals surface area contributed by atoms with Crippen molar-refractivity contribution in [2.45, 2.75) is 11.5 Å². The molecule has 2 heterocycles. The Morgan fingerprint density at radius 3 is 2.67 bits per heavy atom. The minimum Gasteiger partial charge on any atom is -0.455 e. The van der Waals surface area contributed by atoms with Gasteiger partial charge in [0, 0.05) is 5.69 Å². The van der Waals surface area contributed by atoms with Gasteiger partial charge in [-0.05, 0) is 41.8 Å². The van der Waals surface area contributed by atoms with E-state index in [-0.39, 0.29) is 22.8 Å². The Bertz CT molecular complexity index is 1250. The Morgan fingerprint density at radius 1 is 1.07 bits per heavy atom. The fourth-order valence-electron chi connectivity index (χ4n) is 2.63.